The molecule has 1 heterocycles. The molecule has 0 aliphatic rings. The molecule has 0 radical (unpaired) electrons. The SMILES string of the molecule is CN=C(NCCc1ccc(C(F)(F)F)cc1)N(C)Cc1csc(C(C)OC)n1.I. The Balaban J connectivity index is 0.00000420. The van der Waals surface area contributed by atoms with Gasteiger partial charge in [-0.3, -0.25) is 4.99 Å². The first-order chi connectivity index (χ1) is 13.2. The number of methoxy groups -OCH3 is 1. The van der Waals surface area contributed by atoms with Crippen LogP contribution in [0.1, 0.15) is 34.9 Å². The summed E-state index contributed by atoms with van der Waals surface area (Å²) in [5.41, 5.74) is 1.12. The van der Waals surface area contributed by atoms with E-state index in [1.807, 2.05) is 24.3 Å². The van der Waals surface area contributed by atoms with Crippen molar-refractivity contribution in [3.63, 3.8) is 0 Å². The first kappa shape index (κ1) is 25.6. The average molecular weight is 542 g/mol. The third-order valence-electron chi connectivity index (χ3n) is 4.22. The van der Waals surface area contributed by atoms with Crippen LogP contribution in [-0.2, 0) is 23.9 Å². The molecule has 1 N–H and O–H groups in total. The van der Waals surface area contributed by atoms with Crippen molar-refractivity contribution in [3.8, 4) is 0 Å². The molecule has 10 heteroatoms. The summed E-state index contributed by atoms with van der Waals surface area (Å²) in [6.07, 6.45) is -3.75. The molecule has 0 fully saturated rings. The first-order valence-corrected chi connectivity index (χ1v) is 9.67. The fourth-order valence-electron chi connectivity index (χ4n) is 2.56. The minimum Gasteiger partial charge on any atom is -0.375 e. The van der Waals surface area contributed by atoms with Gasteiger partial charge >= 0.3 is 6.18 Å². The van der Waals surface area contributed by atoms with E-state index in [4.69, 9.17) is 4.74 Å². The van der Waals surface area contributed by atoms with Gasteiger partial charge in [-0.2, -0.15) is 13.2 Å². The Morgan fingerprint density at radius 2 is 1.97 bits per heavy atom. The molecule has 0 bridgehead atoms. The van der Waals surface area contributed by atoms with Gasteiger partial charge in [0.15, 0.2) is 5.96 Å². The zero-order valence-electron chi connectivity index (χ0n) is 16.8. The molecule has 2 aromatic rings. The third kappa shape index (κ3) is 7.74. The predicted molar refractivity (Wildman–Crippen MR) is 121 cm³/mol. The molecular formula is C19H26F3IN4OS. The van der Waals surface area contributed by atoms with Crippen molar-refractivity contribution >= 4 is 41.3 Å². The van der Waals surface area contributed by atoms with Crippen LogP contribution >= 0.6 is 35.3 Å². The molecule has 0 amide bonds. The highest BCUT2D eigenvalue weighted by atomic mass is 127. The molecule has 1 unspecified atom stereocenters. The molecule has 1 aromatic heterocycles. The van der Waals surface area contributed by atoms with Crippen LogP contribution in [0.2, 0.25) is 0 Å². The lowest BCUT2D eigenvalue weighted by Crippen LogP contribution is -2.39. The fourth-order valence-corrected chi connectivity index (χ4v) is 3.41. The zero-order chi connectivity index (χ0) is 20.7. The van der Waals surface area contributed by atoms with Crippen LogP contribution in [0.4, 0.5) is 13.2 Å². The number of nitrogens with zero attached hydrogens (tertiary/aromatic N) is 3. The maximum absolute atomic E-state index is 12.6. The highest BCUT2D eigenvalue weighted by molar-refractivity contribution is 14.0. The standard InChI is InChI=1S/C19H25F3N4OS.HI/c1-13(27-4)17-25-16(12-28-17)11-26(3)18(23-2)24-10-9-14-5-7-15(8-6-14)19(20,21)22;/h5-8,12-13H,9-11H2,1-4H3,(H,23,24);1H. The second-order valence-electron chi connectivity index (χ2n) is 6.33. The van der Waals surface area contributed by atoms with Crippen LogP contribution < -0.4 is 5.32 Å². The summed E-state index contributed by atoms with van der Waals surface area (Å²) in [5, 5.41) is 6.15. The quantitative estimate of drug-likeness (QED) is 0.312. The van der Waals surface area contributed by atoms with E-state index in [-0.39, 0.29) is 30.1 Å². The lowest BCUT2D eigenvalue weighted by atomic mass is 10.1. The van der Waals surface area contributed by atoms with E-state index in [1.165, 1.54) is 12.1 Å². The first-order valence-electron chi connectivity index (χ1n) is 8.79. The third-order valence-corrected chi connectivity index (χ3v) is 5.28. The average Bonchev–Trinajstić information content (AvgIpc) is 3.12. The molecule has 29 heavy (non-hydrogen) atoms. The highest BCUT2D eigenvalue weighted by Gasteiger charge is 2.29. The number of aliphatic imine (C=N–C) groups is 1. The summed E-state index contributed by atoms with van der Waals surface area (Å²) in [4.78, 5) is 10.8. The molecule has 0 saturated carbocycles. The van der Waals surface area contributed by atoms with Crippen molar-refractivity contribution in [2.75, 3.05) is 27.7 Å². The molecule has 2 rings (SSSR count). The summed E-state index contributed by atoms with van der Waals surface area (Å²) in [7, 11) is 5.25. The Bertz CT molecular complexity index is 781. The number of aromatic nitrogens is 1. The number of alkyl halides is 3. The van der Waals surface area contributed by atoms with Gasteiger partial charge in [-0.25, -0.2) is 4.98 Å². The Labute approximate surface area is 190 Å². The van der Waals surface area contributed by atoms with Crippen LogP contribution in [0.25, 0.3) is 0 Å². The summed E-state index contributed by atoms with van der Waals surface area (Å²) in [5.74, 6) is 0.696. The molecule has 0 spiro atoms. The Hall–Kier alpha value is -1.40. The topological polar surface area (TPSA) is 49.8 Å². The number of nitrogens with one attached hydrogen (secondary N) is 1. The molecule has 5 nitrogen and oxygen atoms in total. The van der Waals surface area contributed by atoms with E-state index in [2.05, 4.69) is 15.3 Å². The Kier molecular flexibility index (Phi) is 10.3. The van der Waals surface area contributed by atoms with E-state index in [1.54, 1.807) is 25.5 Å². The lowest BCUT2D eigenvalue weighted by molar-refractivity contribution is -0.137. The van der Waals surface area contributed by atoms with Crippen molar-refractivity contribution < 1.29 is 17.9 Å². The molecule has 162 valence electrons. The number of ether oxygens (including phenoxy) is 1. The van der Waals surface area contributed by atoms with Crippen LogP contribution in [-0.4, -0.2) is 43.6 Å². The highest BCUT2D eigenvalue weighted by Crippen LogP contribution is 2.29. The van der Waals surface area contributed by atoms with Gasteiger partial charge in [0.05, 0.1) is 17.8 Å². The monoisotopic (exact) mass is 542 g/mol. The number of rotatable bonds is 7. The second kappa shape index (κ2) is 11.7. The molecule has 1 atom stereocenters. The minimum absolute atomic E-state index is 0. The van der Waals surface area contributed by atoms with Gasteiger partial charge in [0.2, 0.25) is 0 Å². The summed E-state index contributed by atoms with van der Waals surface area (Å²) in [6, 6.07) is 5.23. The van der Waals surface area contributed by atoms with E-state index in [0.717, 1.165) is 28.4 Å². The van der Waals surface area contributed by atoms with Crippen molar-refractivity contribution in [1.29, 1.82) is 0 Å². The van der Waals surface area contributed by atoms with Gasteiger partial charge in [-0.1, -0.05) is 12.1 Å². The maximum Gasteiger partial charge on any atom is 0.416 e. The summed E-state index contributed by atoms with van der Waals surface area (Å²) in [6.45, 7) is 3.10. The van der Waals surface area contributed by atoms with Gasteiger partial charge in [-0.05, 0) is 31.0 Å². The number of thiazole rings is 1. The molecule has 1 aromatic carbocycles. The summed E-state index contributed by atoms with van der Waals surface area (Å²) >= 11 is 1.56. The van der Waals surface area contributed by atoms with Gasteiger partial charge in [0.25, 0.3) is 0 Å². The smallest absolute Gasteiger partial charge is 0.375 e. The number of halogens is 4. The zero-order valence-corrected chi connectivity index (χ0v) is 19.9. The molecule has 0 aliphatic carbocycles. The van der Waals surface area contributed by atoms with Crippen LogP contribution in [0.15, 0.2) is 34.6 Å². The van der Waals surface area contributed by atoms with E-state index in [9.17, 15) is 13.2 Å². The number of hydrogen-bond donors (Lipinski definition) is 1. The van der Waals surface area contributed by atoms with Gasteiger partial charge in [0.1, 0.15) is 11.1 Å². The Morgan fingerprint density at radius 3 is 2.52 bits per heavy atom. The van der Waals surface area contributed by atoms with Gasteiger partial charge in [-0.15, -0.1) is 35.3 Å². The van der Waals surface area contributed by atoms with E-state index < -0.39 is 11.7 Å². The van der Waals surface area contributed by atoms with Crippen LogP contribution in [0.3, 0.4) is 0 Å². The van der Waals surface area contributed by atoms with Crippen LogP contribution in [0, 0.1) is 0 Å². The van der Waals surface area contributed by atoms with Crippen molar-refractivity contribution in [2.24, 2.45) is 4.99 Å². The Morgan fingerprint density at radius 1 is 1.31 bits per heavy atom. The second-order valence-corrected chi connectivity index (χ2v) is 7.22. The van der Waals surface area contributed by atoms with E-state index >= 15 is 0 Å². The maximum atomic E-state index is 12.6. The number of benzene rings is 1. The number of hydrogen-bond acceptors (Lipinski definition) is 4. The summed E-state index contributed by atoms with van der Waals surface area (Å²) < 4.78 is 43.1. The predicted octanol–water partition coefficient (Wildman–Crippen LogP) is 4.74. The number of guanidine groups is 1. The molecular weight excluding hydrogens is 516 g/mol. The minimum atomic E-state index is -4.31. The van der Waals surface area contributed by atoms with Gasteiger partial charge < -0.3 is 15.0 Å². The fraction of sp³-hybridized carbons (Fsp3) is 0.474. The normalized spacial score (nSPS) is 13.0. The van der Waals surface area contributed by atoms with E-state index in [0.29, 0.717) is 25.5 Å². The van der Waals surface area contributed by atoms with Crippen molar-refractivity contribution in [1.82, 2.24) is 15.2 Å². The molecule has 0 aliphatic heterocycles. The van der Waals surface area contributed by atoms with Gasteiger partial charge in [0, 0.05) is 33.1 Å². The van der Waals surface area contributed by atoms with Crippen molar-refractivity contribution in [3.05, 3.63) is 51.5 Å². The molecule has 0 saturated heterocycles. The largest absolute Gasteiger partial charge is 0.416 e. The van der Waals surface area contributed by atoms with Crippen molar-refractivity contribution in [2.45, 2.75) is 32.2 Å². The van der Waals surface area contributed by atoms with Crippen LogP contribution in [0.5, 0.6) is 0 Å². The lowest BCUT2D eigenvalue weighted by Gasteiger charge is -2.21.